The summed E-state index contributed by atoms with van der Waals surface area (Å²) >= 11 is 1.69. The standard InChI is InChI=1S/C18H24F2N4OS.HI/c1-13-12-26-16(23-13)5-4-10-22-18(21-2)24(3)11-14-6-8-15(9-7-14)25-17(19)20;/h6-9,12,17H,4-5,10-11H2,1-3H3,(H,21,22);1H. The molecule has 2 rings (SSSR count). The van der Waals surface area contributed by atoms with E-state index in [-0.39, 0.29) is 29.7 Å². The van der Waals surface area contributed by atoms with Crippen LogP contribution in [0.3, 0.4) is 0 Å². The van der Waals surface area contributed by atoms with Crippen molar-refractivity contribution in [2.75, 3.05) is 20.6 Å². The third kappa shape index (κ3) is 8.37. The molecule has 1 aromatic carbocycles. The van der Waals surface area contributed by atoms with E-state index in [9.17, 15) is 8.78 Å². The summed E-state index contributed by atoms with van der Waals surface area (Å²) in [6.07, 6.45) is 1.91. The van der Waals surface area contributed by atoms with Crippen molar-refractivity contribution in [3.8, 4) is 5.75 Å². The van der Waals surface area contributed by atoms with Gasteiger partial charge in [-0.05, 0) is 31.0 Å². The molecule has 0 bridgehead atoms. The second kappa shape index (κ2) is 12.1. The van der Waals surface area contributed by atoms with Gasteiger partial charge >= 0.3 is 6.61 Å². The minimum atomic E-state index is -2.81. The number of thiazole rings is 1. The molecule has 0 aliphatic heterocycles. The van der Waals surface area contributed by atoms with E-state index in [0.717, 1.165) is 41.6 Å². The van der Waals surface area contributed by atoms with E-state index in [2.05, 4.69) is 25.4 Å². The van der Waals surface area contributed by atoms with Gasteiger partial charge in [0.1, 0.15) is 5.75 Å². The topological polar surface area (TPSA) is 49.8 Å². The molecular weight excluding hydrogens is 485 g/mol. The molecule has 0 amide bonds. The molecule has 0 unspecified atom stereocenters. The van der Waals surface area contributed by atoms with Crippen LogP contribution in [0.2, 0.25) is 0 Å². The molecule has 0 fully saturated rings. The molecule has 1 aromatic heterocycles. The second-order valence-electron chi connectivity index (χ2n) is 5.84. The molecule has 0 saturated heterocycles. The predicted molar refractivity (Wildman–Crippen MR) is 116 cm³/mol. The number of aryl methyl sites for hydroxylation is 2. The summed E-state index contributed by atoms with van der Waals surface area (Å²) in [6, 6.07) is 6.63. The Kier molecular flexibility index (Phi) is 10.5. The van der Waals surface area contributed by atoms with Gasteiger partial charge in [0.25, 0.3) is 0 Å². The Morgan fingerprint density at radius 2 is 2.04 bits per heavy atom. The fraction of sp³-hybridized carbons (Fsp3) is 0.444. The highest BCUT2D eigenvalue weighted by Crippen LogP contribution is 2.16. The third-order valence-corrected chi connectivity index (χ3v) is 4.69. The largest absolute Gasteiger partial charge is 0.435 e. The average molecular weight is 510 g/mol. The van der Waals surface area contributed by atoms with E-state index in [1.165, 1.54) is 0 Å². The molecule has 0 atom stereocenters. The number of hydrogen-bond acceptors (Lipinski definition) is 4. The van der Waals surface area contributed by atoms with Crippen molar-refractivity contribution in [3.63, 3.8) is 0 Å². The molecular formula is C18H25F2IN4OS. The van der Waals surface area contributed by atoms with Gasteiger partial charge in [-0.25, -0.2) is 4.98 Å². The predicted octanol–water partition coefficient (Wildman–Crippen LogP) is 4.31. The maximum Gasteiger partial charge on any atom is 0.387 e. The van der Waals surface area contributed by atoms with Gasteiger partial charge in [0.05, 0.1) is 5.01 Å². The van der Waals surface area contributed by atoms with Crippen molar-refractivity contribution in [1.29, 1.82) is 0 Å². The number of guanidine groups is 1. The van der Waals surface area contributed by atoms with E-state index in [4.69, 9.17) is 0 Å². The van der Waals surface area contributed by atoms with Gasteiger partial charge < -0.3 is 15.0 Å². The summed E-state index contributed by atoms with van der Waals surface area (Å²) in [5.74, 6) is 0.944. The van der Waals surface area contributed by atoms with Gasteiger partial charge in [-0.1, -0.05) is 12.1 Å². The van der Waals surface area contributed by atoms with Crippen molar-refractivity contribution in [2.24, 2.45) is 4.99 Å². The summed E-state index contributed by atoms with van der Waals surface area (Å²) in [6.45, 7) is 0.609. The first-order valence-corrected chi connectivity index (χ1v) is 9.22. The molecule has 27 heavy (non-hydrogen) atoms. The lowest BCUT2D eigenvalue weighted by molar-refractivity contribution is -0.0498. The van der Waals surface area contributed by atoms with Gasteiger partial charge in [-0.2, -0.15) is 8.78 Å². The average Bonchev–Trinajstić information content (AvgIpc) is 3.01. The molecule has 0 saturated carbocycles. The number of nitrogens with zero attached hydrogens (tertiary/aromatic N) is 3. The highest BCUT2D eigenvalue weighted by atomic mass is 127. The zero-order chi connectivity index (χ0) is 18.9. The second-order valence-corrected chi connectivity index (χ2v) is 6.78. The Morgan fingerprint density at radius 1 is 1.33 bits per heavy atom. The van der Waals surface area contributed by atoms with Gasteiger partial charge in [0.2, 0.25) is 0 Å². The van der Waals surface area contributed by atoms with Crippen LogP contribution in [-0.2, 0) is 13.0 Å². The number of ether oxygens (including phenoxy) is 1. The van der Waals surface area contributed by atoms with Crippen LogP contribution in [0.1, 0.15) is 22.7 Å². The van der Waals surface area contributed by atoms with Gasteiger partial charge in [-0.15, -0.1) is 35.3 Å². The maximum absolute atomic E-state index is 12.2. The van der Waals surface area contributed by atoms with E-state index >= 15 is 0 Å². The van der Waals surface area contributed by atoms with Crippen molar-refractivity contribution >= 4 is 41.3 Å². The molecule has 0 aliphatic rings. The molecule has 2 aromatic rings. The third-order valence-electron chi connectivity index (χ3n) is 3.66. The monoisotopic (exact) mass is 510 g/mol. The number of nitrogens with one attached hydrogen (secondary N) is 1. The van der Waals surface area contributed by atoms with E-state index in [1.807, 2.05) is 18.9 Å². The van der Waals surface area contributed by atoms with E-state index in [0.29, 0.717) is 6.54 Å². The van der Waals surface area contributed by atoms with Crippen LogP contribution >= 0.6 is 35.3 Å². The van der Waals surface area contributed by atoms with Crippen LogP contribution in [0.25, 0.3) is 0 Å². The number of halogens is 3. The van der Waals surface area contributed by atoms with Crippen LogP contribution in [0, 0.1) is 6.92 Å². The fourth-order valence-electron chi connectivity index (χ4n) is 2.47. The molecule has 1 heterocycles. The molecule has 0 aliphatic carbocycles. The van der Waals surface area contributed by atoms with E-state index < -0.39 is 6.61 Å². The maximum atomic E-state index is 12.2. The molecule has 5 nitrogen and oxygen atoms in total. The Labute approximate surface area is 179 Å². The van der Waals surface area contributed by atoms with E-state index in [1.54, 1.807) is 42.6 Å². The molecule has 0 spiro atoms. The number of alkyl halides is 2. The lowest BCUT2D eigenvalue weighted by Crippen LogP contribution is -2.39. The van der Waals surface area contributed by atoms with Crippen molar-refractivity contribution in [1.82, 2.24) is 15.2 Å². The summed E-state index contributed by atoms with van der Waals surface area (Å²) < 4.78 is 28.7. The first-order chi connectivity index (χ1) is 12.5. The van der Waals surface area contributed by atoms with Crippen LogP contribution < -0.4 is 10.1 Å². The Morgan fingerprint density at radius 3 is 2.59 bits per heavy atom. The fourth-order valence-corrected chi connectivity index (χ4v) is 3.29. The molecule has 1 N–H and O–H groups in total. The summed E-state index contributed by atoms with van der Waals surface area (Å²) in [5, 5.41) is 6.55. The smallest absolute Gasteiger partial charge is 0.387 e. The summed E-state index contributed by atoms with van der Waals surface area (Å²) in [7, 11) is 3.67. The highest BCUT2D eigenvalue weighted by molar-refractivity contribution is 14.0. The Balaban J connectivity index is 0.00000364. The normalized spacial score (nSPS) is 11.3. The number of aliphatic imine (C=N–C) groups is 1. The van der Waals surface area contributed by atoms with Gasteiger partial charge in [0.15, 0.2) is 5.96 Å². The zero-order valence-electron chi connectivity index (χ0n) is 15.6. The highest BCUT2D eigenvalue weighted by Gasteiger charge is 2.08. The molecule has 0 radical (unpaired) electrons. The lowest BCUT2D eigenvalue weighted by Gasteiger charge is -2.22. The zero-order valence-corrected chi connectivity index (χ0v) is 18.8. The molecule has 150 valence electrons. The SMILES string of the molecule is CN=C(NCCCc1nc(C)cs1)N(C)Cc1ccc(OC(F)F)cc1.I. The number of benzene rings is 1. The molecule has 9 heteroatoms. The van der Waals surface area contributed by atoms with Gasteiger partial charge in [0, 0.05) is 44.7 Å². The van der Waals surface area contributed by atoms with Crippen LogP contribution in [-0.4, -0.2) is 43.1 Å². The Bertz CT molecular complexity index is 710. The van der Waals surface area contributed by atoms with Crippen LogP contribution in [0.15, 0.2) is 34.6 Å². The Hall–Kier alpha value is -1.49. The van der Waals surface area contributed by atoms with Crippen LogP contribution in [0.5, 0.6) is 5.75 Å². The minimum Gasteiger partial charge on any atom is -0.435 e. The van der Waals surface area contributed by atoms with Crippen molar-refractivity contribution < 1.29 is 13.5 Å². The van der Waals surface area contributed by atoms with Crippen LogP contribution in [0.4, 0.5) is 8.78 Å². The first kappa shape index (κ1) is 23.5. The number of rotatable bonds is 8. The first-order valence-electron chi connectivity index (χ1n) is 8.34. The van der Waals surface area contributed by atoms with Crippen molar-refractivity contribution in [3.05, 3.63) is 45.9 Å². The van der Waals surface area contributed by atoms with Gasteiger partial charge in [-0.3, -0.25) is 4.99 Å². The number of hydrogen-bond donors (Lipinski definition) is 1. The number of aromatic nitrogens is 1. The van der Waals surface area contributed by atoms with Crippen molar-refractivity contribution in [2.45, 2.75) is 32.9 Å². The minimum absolute atomic E-state index is 0. The summed E-state index contributed by atoms with van der Waals surface area (Å²) in [5.41, 5.74) is 2.05. The summed E-state index contributed by atoms with van der Waals surface area (Å²) in [4.78, 5) is 10.7. The lowest BCUT2D eigenvalue weighted by atomic mass is 10.2. The quantitative estimate of drug-likeness (QED) is 0.249.